The molecule has 0 aliphatic carbocycles. The number of nitrogens with zero attached hydrogens (tertiary/aromatic N) is 1. The van der Waals surface area contributed by atoms with Crippen LogP contribution in [0.4, 0.5) is 0 Å². The fraction of sp³-hybridized carbons (Fsp3) is 0.143. The van der Waals surface area contributed by atoms with Crippen molar-refractivity contribution in [1.82, 2.24) is 4.98 Å². The molecule has 1 N–H and O–H groups in total. The highest BCUT2D eigenvalue weighted by Gasteiger charge is 2.12. The summed E-state index contributed by atoms with van der Waals surface area (Å²) in [6.45, 7) is 1.76. The van der Waals surface area contributed by atoms with Crippen LogP contribution in [0.25, 0.3) is 11.1 Å². The normalized spacial score (nSPS) is 10.0. The Balaban J connectivity index is 2.72. The third-order valence-electron chi connectivity index (χ3n) is 2.74. The number of nitrogens with one attached hydrogen (secondary N) is 1. The van der Waals surface area contributed by atoms with Gasteiger partial charge < -0.3 is 9.72 Å². The van der Waals surface area contributed by atoms with Gasteiger partial charge >= 0.3 is 0 Å². The highest BCUT2D eigenvalue weighted by Crippen LogP contribution is 2.31. The average Bonchev–Trinajstić information content (AvgIpc) is 2.38. The van der Waals surface area contributed by atoms with E-state index < -0.39 is 5.56 Å². The molecule has 0 spiro atoms. The van der Waals surface area contributed by atoms with Gasteiger partial charge in [-0.3, -0.25) is 4.79 Å². The zero-order chi connectivity index (χ0) is 14.0. The van der Waals surface area contributed by atoms with E-state index in [1.807, 2.05) is 6.07 Å². The number of H-pyrrole nitrogens is 1. The Morgan fingerprint density at radius 1 is 1.37 bits per heavy atom. The van der Waals surface area contributed by atoms with E-state index in [9.17, 15) is 4.79 Å². The quantitative estimate of drug-likeness (QED) is 0.916. The van der Waals surface area contributed by atoms with Crippen molar-refractivity contribution in [1.29, 1.82) is 5.26 Å². The van der Waals surface area contributed by atoms with E-state index in [0.717, 1.165) is 0 Å². The maximum absolute atomic E-state index is 11.8. The smallest absolute Gasteiger partial charge is 0.266 e. The van der Waals surface area contributed by atoms with Crippen molar-refractivity contribution in [2.75, 3.05) is 7.11 Å². The van der Waals surface area contributed by atoms with Crippen LogP contribution in [0.3, 0.4) is 0 Å². The Hall–Kier alpha value is -2.25. The number of methoxy groups -OCH3 is 1. The van der Waals surface area contributed by atoms with Crippen molar-refractivity contribution in [2.24, 2.45) is 0 Å². The van der Waals surface area contributed by atoms with Gasteiger partial charge in [-0.1, -0.05) is 17.7 Å². The van der Waals surface area contributed by atoms with Crippen molar-refractivity contribution in [3.05, 3.63) is 50.9 Å². The molecular formula is C14H11ClN2O2. The lowest BCUT2D eigenvalue weighted by atomic mass is 10.0. The van der Waals surface area contributed by atoms with E-state index in [1.165, 1.54) is 7.11 Å². The molecule has 0 aliphatic rings. The summed E-state index contributed by atoms with van der Waals surface area (Å²) in [5.74, 6) is 0.501. The predicted octanol–water partition coefficient (Wildman–Crippen LogP) is 2.88. The number of hydrogen-bond acceptors (Lipinski definition) is 3. The summed E-state index contributed by atoms with van der Waals surface area (Å²) in [5.41, 5.74) is 1.65. The zero-order valence-electron chi connectivity index (χ0n) is 10.5. The first-order chi connectivity index (χ1) is 9.06. The first kappa shape index (κ1) is 13.2. The molecule has 96 valence electrons. The van der Waals surface area contributed by atoms with E-state index in [-0.39, 0.29) is 5.56 Å². The van der Waals surface area contributed by atoms with Gasteiger partial charge in [-0.05, 0) is 30.7 Å². The molecule has 1 heterocycles. The molecule has 0 radical (unpaired) electrons. The highest BCUT2D eigenvalue weighted by molar-refractivity contribution is 6.32. The minimum Gasteiger partial charge on any atom is -0.495 e. The lowest BCUT2D eigenvalue weighted by Gasteiger charge is -2.08. The molecule has 0 fully saturated rings. The summed E-state index contributed by atoms with van der Waals surface area (Å²) in [5, 5.41) is 9.58. The number of benzene rings is 1. The summed E-state index contributed by atoms with van der Waals surface area (Å²) in [6.07, 6.45) is 0. The first-order valence-corrected chi connectivity index (χ1v) is 5.92. The maximum atomic E-state index is 11.8. The van der Waals surface area contributed by atoms with Crippen LogP contribution in [-0.4, -0.2) is 12.1 Å². The summed E-state index contributed by atoms with van der Waals surface area (Å²) < 4.78 is 5.14. The SMILES string of the molecule is COc1cc(-c2cc(C)[nH]c(=O)c2C#N)ccc1Cl. The summed E-state index contributed by atoms with van der Waals surface area (Å²) in [6, 6.07) is 8.81. The fourth-order valence-corrected chi connectivity index (χ4v) is 2.05. The monoisotopic (exact) mass is 274 g/mol. The number of pyridine rings is 1. The van der Waals surface area contributed by atoms with Crippen LogP contribution in [0.5, 0.6) is 5.75 Å². The van der Waals surface area contributed by atoms with E-state index in [0.29, 0.717) is 27.6 Å². The van der Waals surface area contributed by atoms with Gasteiger partial charge in [0.2, 0.25) is 0 Å². The van der Waals surface area contributed by atoms with Gasteiger partial charge in [-0.2, -0.15) is 5.26 Å². The zero-order valence-corrected chi connectivity index (χ0v) is 11.2. The Morgan fingerprint density at radius 3 is 2.74 bits per heavy atom. The standard InChI is InChI=1S/C14H11ClN2O2/c1-8-5-10(11(7-16)14(18)17-8)9-3-4-12(15)13(6-9)19-2/h3-6H,1-2H3,(H,17,18). The van der Waals surface area contributed by atoms with Gasteiger partial charge in [0.25, 0.3) is 5.56 Å². The molecule has 0 bridgehead atoms. The lowest BCUT2D eigenvalue weighted by Crippen LogP contribution is -2.12. The van der Waals surface area contributed by atoms with Crippen LogP contribution in [-0.2, 0) is 0 Å². The molecule has 0 aliphatic heterocycles. The summed E-state index contributed by atoms with van der Waals surface area (Å²) in [7, 11) is 1.51. The van der Waals surface area contributed by atoms with Gasteiger partial charge in [0.1, 0.15) is 17.4 Å². The topological polar surface area (TPSA) is 65.9 Å². The van der Waals surface area contributed by atoms with Crippen LogP contribution < -0.4 is 10.3 Å². The maximum Gasteiger partial charge on any atom is 0.266 e. The molecule has 0 amide bonds. The van der Waals surface area contributed by atoms with Gasteiger partial charge in [0.15, 0.2) is 0 Å². The number of ether oxygens (including phenoxy) is 1. The Bertz CT molecular complexity index is 729. The molecule has 1 aromatic carbocycles. The van der Waals surface area contributed by atoms with Crippen LogP contribution in [0, 0.1) is 18.3 Å². The minimum atomic E-state index is -0.397. The number of rotatable bonds is 2. The average molecular weight is 275 g/mol. The third-order valence-corrected chi connectivity index (χ3v) is 3.05. The van der Waals surface area contributed by atoms with Crippen molar-refractivity contribution in [3.8, 4) is 22.9 Å². The largest absolute Gasteiger partial charge is 0.495 e. The molecular weight excluding hydrogens is 264 g/mol. The first-order valence-electron chi connectivity index (χ1n) is 5.54. The van der Waals surface area contributed by atoms with Crippen LogP contribution >= 0.6 is 11.6 Å². The second-order valence-corrected chi connectivity index (χ2v) is 4.44. The number of nitriles is 1. The molecule has 2 rings (SSSR count). The third kappa shape index (κ3) is 2.47. The lowest BCUT2D eigenvalue weighted by molar-refractivity contribution is 0.415. The van der Waals surface area contributed by atoms with Crippen molar-refractivity contribution in [2.45, 2.75) is 6.92 Å². The second kappa shape index (κ2) is 5.17. The van der Waals surface area contributed by atoms with Gasteiger partial charge in [-0.25, -0.2) is 0 Å². The predicted molar refractivity (Wildman–Crippen MR) is 73.5 cm³/mol. The molecule has 0 saturated carbocycles. The molecule has 0 saturated heterocycles. The van der Waals surface area contributed by atoms with Crippen LogP contribution in [0.2, 0.25) is 5.02 Å². The van der Waals surface area contributed by atoms with E-state index in [2.05, 4.69) is 4.98 Å². The van der Waals surface area contributed by atoms with Gasteiger partial charge in [0, 0.05) is 11.3 Å². The Morgan fingerprint density at radius 2 is 2.11 bits per heavy atom. The molecule has 19 heavy (non-hydrogen) atoms. The number of hydrogen-bond donors (Lipinski definition) is 1. The van der Waals surface area contributed by atoms with Gasteiger partial charge in [0.05, 0.1) is 12.1 Å². The van der Waals surface area contributed by atoms with Crippen LogP contribution in [0.15, 0.2) is 29.1 Å². The van der Waals surface area contributed by atoms with E-state index in [4.69, 9.17) is 21.6 Å². The van der Waals surface area contributed by atoms with Crippen molar-refractivity contribution < 1.29 is 4.74 Å². The highest BCUT2D eigenvalue weighted by atomic mass is 35.5. The molecule has 2 aromatic rings. The fourth-order valence-electron chi connectivity index (χ4n) is 1.85. The Labute approximate surface area is 115 Å². The number of aromatic amines is 1. The summed E-state index contributed by atoms with van der Waals surface area (Å²) >= 11 is 5.96. The van der Waals surface area contributed by atoms with E-state index >= 15 is 0 Å². The number of aryl methyl sites for hydroxylation is 1. The molecule has 0 atom stereocenters. The molecule has 4 nitrogen and oxygen atoms in total. The number of aromatic nitrogens is 1. The minimum absolute atomic E-state index is 0.0787. The molecule has 0 unspecified atom stereocenters. The number of halogens is 1. The molecule has 5 heteroatoms. The van der Waals surface area contributed by atoms with Crippen LogP contribution in [0.1, 0.15) is 11.3 Å². The summed E-state index contributed by atoms with van der Waals surface area (Å²) in [4.78, 5) is 14.4. The van der Waals surface area contributed by atoms with Crippen molar-refractivity contribution in [3.63, 3.8) is 0 Å². The van der Waals surface area contributed by atoms with Gasteiger partial charge in [-0.15, -0.1) is 0 Å². The van der Waals surface area contributed by atoms with E-state index in [1.54, 1.807) is 31.2 Å². The second-order valence-electron chi connectivity index (χ2n) is 4.03. The Kier molecular flexibility index (Phi) is 3.59. The van der Waals surface area contributed by atoms with Crippen molar-refractivity contribution >= 4 is 11.6 Å². The molecule has 1 aromatic heterocycles.